The van der Waals surface area contributed by atoms with E-state index in [1.54, 1.807) is 71.6 Å². The summed E-state index contributed by atoms with van der Waals surface area (Å²) in [5.74, 6) is -1.46. The van der Waals surface area contributed by atoms with E-state index in [-0.39, 0.29) is 45.5 Å². The van der Waals surface area contributed by atoms with Crippen LogP contribution in [-0.2, 0) is 22.6 Å². The molecule has 4 heterocycles. The van der Waals surface area contributed by atoms with Gasteiger partial charge in [-0.15, -0.1) is 10.2 Å². The Balaban J connectivity index is 1.33. The molecule has 6 aromatic rings. The molecule has 0 fully saturated rings. The smallest absolute Gasteiger partial charge is 0.297 e. The number of hydrogen-bond donors (Lipinski definition) is 0. The quantitative estimate of drug-likeness (QED) is 0.130. The van der Waals surface area contributed by atoms with Crippen LogP contribution in [0.25, 0.3) is 11.0 Å². The van der Waals surface area contributed by atoms with Gasteiger partial charge >= 0.3 is 0 Å². The van der Waals surface area contributed by atoms with Crippen molar-refractivity contribution in [3.63, 3.8) is 0 Å². The molecule has 4 aromatic carbocycles. The molecule has 0 aliphatic carbocycles. The molecule has 2 aliphatic heterocycles. The number of anilines is 2. The standard InChI is InChI=1S/C36H24ClFN4O4S2/c1-19-15-24-28(16-20(19)2)46-31-29(30(24)43)36(25-8-4-6-10-27(25)41(33(36)45)17-21-11-13-23(37)14-12-21)42(32(31)44)34-39-40-35(48-34)47-18-22-7-3-5-9-26(22)38/h3-16H,17-18H2,1-2H3. The van der Waals surface area contributed by atoms with E-state index in [0.29, 0.717) is 26.2 Å². The number of carbonyl (C=O) groups is 2. The first-order chi connectivity index (χ1) is 23.2. The van der Waals surface area contributed by atoms with Crippen LogP contribution in [0.3, 0.4) is 0 Å². The van der Waals surface area contributed by atoms with Crippen molar-refractivity contribution in [3.8, 4) is 0 Å². The fourth-order valence-electron chi connectivity index (χ4n) is 6.45. The topological polar surface area (TPSA) is 96.6 Å². The number of thioether (sulfide) groups is 1. The number of nitrogens with zero attached hydrogens (tertiary/aromatic N) is 4. The van der Waals surface area contributed by atoms with Crippen molar-refractivity contribution < 1.29 is 18.4 Å². The van der Waals surface area contributed by atoms with E-state index in [4.69, 9.17) is 16.0 Å². The maximum Gasteiger partial charge on any atom is 0.297 e. The summed E-state index contributed by atoms with van der Waals surface area (Å²) >= 11 is 8.49. The van der Waals surface area contributed by atoms with Crippen molar-refractivity contribution in [2.75, 3.05) is 9.80 Å². The molecule has 1 unspecified atom stereocenters. The molecule has 2 aromatic heterocycles. The minimum Gasteiger partial charge on any atom is -0.450 e. The van der Waals surface area contributed by atoms with E-state index < -0.39 is 22.8 Å². The Labute approximate surface area is 286 Å². The van der Waals surface area contributed by atoms with Gasteiger partial charge in [-0.25, -0.2) is 4.39 Å². The number of rotatable bonds is 6. The Morgan fingerprint density at radius 3 is 2.46 bits per heavy atom. The molecule has 0 bridgehead atoms. The fourth-order valence-corrected chi connectivity index (χ4v) is 8.46. The lowest BCUT2D eigenvalue weighted by atomic mass is 9.84. The van der Waals surface area contributed by atoms with E-state index in [9.17, 15) is 14.0 Å². The van der Waals surface area contributed by atoms with Gasteiger partial charge in [0.2, 0.25) is 10.9 Å². The number of hydrogen-bond acceptors (Lipinski definition) is 8. The van der Waals surface area contributed by atoms with Crippen LogP contribution in [0.5, 0.6) is 0 Å². The Kier molecular flexibility index (Phi) is 7.24. The molecule has 1 atom stereocenters. The summed E-state index contributed by atoms with van der Waals surface area (Å²) in [6, 6.07) is 24.2. The van der Waals surface area contributed by atoms with E-state index in [2.05, 4.69) is 10.2 Å². The Morgan fingerprint density at radius 2 is 1.67 bits per heavy atom. The van der Waals surface area contributed by atoms with Crippen LogP contribution in [0.4, 0.5) is 15.2 Å². The third-order valence-electron chi connectivity index (χ3n) is 8.89. The van der Waals surface area contributed by atoms with Crippen molar-refractivity contribution in [1.29, 1.82) is 0 Å². The first kappa shape index (κ1) is 30.5. The average molecular weight is 695 g/mol. The number of benzene rings is 4. The highest BCUT2D eigenvalue weighted by Gasteiger charge is 2.66. The molecule has 8 nitrogen and oxygen atoms in total. The number of carbonyl (C=O) groups excluding carboxylic acids is 2. The van der Waals surface area contributed by atoms with Crippen LogP contribution in [0, 0.1) is 19.7 Å². The lowest BCUT2D eigenvalue weighted by Crippen LogP contribution is -2.53. The molecule has 2 aliphatic rings. The summed E-state index contributed by atoms with van der Waals surface area (Å²) in [5, 5.41) is 9.60. The van der Waals surface area contributed by atoms with Crippen LogP contribution >= 0.6 is 34.7 Å². The van der Waals surface area contributed by atoms with Crippen LogP contribution in [0.2, 0.25) is 5.02 Å². The van der Waals surface area contributed by atoms with Gasteiger partial charge in [0.1, 0.15) is 11.4 Å². The lowest BCUT2D eigenvalue weighted by Gasteiger charge is -2.32. The maximum absolute atomic E-state index is 15.1. The average Bonchev–Trinajstić information content (AvgIpc) is 3.72. The van der Waals surface area contributed by atoms with Gasteiger partial charge in [0, 0.05) is 16.3 Å². The minimum absolute atomic E-state index is 0.0601. The second kappa shape index (κ2) is 11.4. The molecule has 0 saturated heterocycles. The summed E-state index contributed by atoms with van der Waals surface area (Å²) in [6.07, 6.45) is 0. The molecule has 0 N–H and O–H groups in total. The zero-order chi connectivity index (χ0) is 33.3. The number of halogens is 2. The lowest BCUT2D eigenvalue weighted by molar-refractivity contribution is -0.121. The summed E-state index contributed by atoms with van der Waals surface area (Å²) < 4.78 is 21.1. The SMILES string of the molecule is Cc1cc2oc3c(c(=O)c2cc1C)C1(C(=O)N(Cc2ccc(Cl)cc2)c2ccccc21)N(c1nnc(SCc2ccccc2F)s1)C3=O. The summed E-state index contributed by atoms with van der Waals surface area (Å²) in [6.45, 7) is 3.94. The number of amides is 2. The van der Waals surface area contributed by atoms with Crippen LogP contribution in [0.1, 0.15) is 43.9 Å². The van der Waals surface area contributed by atoms with E-state index >= 15 is 4.79 Å². The van der Waals surface area contributed by atoms with Gasteiger partial charge in [0.05, 0.1) is 23.2 Å². The fraction of sp³-hybridized carbons (Fsp3) is 0.139. The summed E-state index contributed by atoms with van der Waals surface area (Å²) in [4.78, 5) is 47.2. The molecule has 0 radical (unpaired) electrons. The van der Waals surface area contributed by atoms with Crippen molar-refractivity contribution in [2.24, 2.45) is 0 Å². The predicted molar refractivity (Wildman–Crippen MR) is 185 cm³/mol. The van der Waals surface area contributed by atoms with Gasteiger partial charge in [-0.05, 0) is 72.5 Å². The minimum atomic E-state index is -1.92. The first-order valence-electron chi connectivity index (χ1n) is 15.0. The van der Waals surface area contributed by atoms with Crippen LogP contribution < -0.4 is 15.2 Å². The molecule has 1 spiro atoms. The highest BCUT2D eigenvalue weighted by atomic mass is 35.5. The van der Waals surface area contributed by atoms with Crippen LogP contribution in [-0.4, -0.2) is 22.0 Å². The normalized spacial score (nSPS) is 16.8. The molecule has 12 heteroatoms. The molecule has 2 amide bonds. The molecule has 238 valence electrons. The van der Waals surface area contributed by atoms with Crippen LogP contribution in [0.15, 0.2) is 98.5 Å². The molecular formula is C36H24ClFN4O4S2. The van der Waals surface area contributed by atoms with Crippen molar-refractivity contribution in [3.05, 3.63) is 145 Å². The summed E-state index contributed by atoms with van der Waals surface area (Å²) in [5.41, 5.74) is 1.84. The van der Waals surface area contributed by atoms with Crippen molar-refractivity contribution in [2.45, 2.75) is 36.0 Å². The van der Waals surface area contributed by atoms with Gasteiger partial charge < -0.3 is 9.32 Å². The number of aryl methyl sites for hydroxylation is 2. The van der Waals surface area contributed by atoms with Crippen molar-refractivity contribution >= 4 is 68.3 Å². The first-order valence-corrected chi connectivity index (χ1v) is 17.1. The van der Waals surface area contributed by atoms with E-state index in [0.717, 1.165) is 28.0 Å². The maximum atomic E-state index is 15.1. The predicted octanol–water partition coefficient (Wildman–Crippen LogP) is 7.80. The molecule has 0 saturated carbocycles. The van der Waals surface area contributed by atoms with Crippen molar-refractivity contribution in [1.82, 2.24) is 10.2 Å². The Morgan fingerprint density at radius 1 is 0.938 bits per heavy atom. The van der Waals surface area contributed by atoms with Gasteiger partial charge in [0.15, 0.2) is 15.3 Å². The second-order valence-electron chi connectivity index (χ2n) is 11.7. The van der Waals surface area contributed by atoms with E-state index in [1.807, 2.05) is 26.0 Å². The molecule has 48 heavy (non-hydrogen) atoms. The van der Waals surface area contributed by atoms with Gasteiger partial charge in [0.25, 0.3) is 11.8 Å². The molecular weight excluding hydrogens is 671 g/mol. The third kappa shape index (κ3) is 4.52. The van der Waals surface area contributed by atoms with Gasteiger partial charge in [-0.2, -0.15) is 0 Å². The second-order valence-corrected chi connectivity index (χ2v) is 14.3. The third-order valence-corrected chi connectivity index (χ3v) is 11.2. The highest BCUT2D eigenvalue weighted by Crippen LogP contribution is 2.55. The zero-order valence-electron chi connectivity index (χ0n) is 25.5. The van der Waals surface area contributed by atoms with Gasteiger partial charge in [-0.1, -0.05) is 83.2 Å². The Bertz CT molecular complexity index is 2380. The largest absolute Gasteiger partial charge is 0.450 e. The Hall–Kier alpha value is -4.84. The number of fused-ring (bicyclic) bond motifs is 5. The zero-order valence-corrected chi connectivity index (χ0v) is 27.9. The van der Waals surface area contributed by atoms with Gasteiger partial charge in [-0.3, -0.25) is 19.3 Å². The summed E-state index contributed by atoms with van der Waals surface area (Å²) in [7, 11) is 0. The number of para-hydroxylation sites is 1. The van der Waals surface area contributed by atoms with E-state index in [1.165, 1.54) is 22.7 Å². The monoisotopic (exact) mass is 694 g/mol. The highest BCUT2D eigenvalue weighted by molar-refractivity contribution is 8.00. The molecule has 8 rings (SSSR count). The number of aromatic nitrogens is 2.